The van der Waals surface area contributed by atoms with Gasteiger partial charge < -0.3 is 34.6 Å². The molecule has 0 radical (unpaired) electrons. The van der Waals surface area contributed by atoms with Gasteiger partial charge in [-0.2, -0.15) is 0 Å². The highest BCUT2D eigenvalue weighted by molar-refractivity contribution is 5.95. The maximum Gasteiger partial charge on any atom is 0.338 e. The van der Waals surface area contributed by atoms with Crippen LogP contribution >= 0.6 is 0 Å². The van der Waals surface area contributed by atoms with E-state index >= 15 is 0 Å². The Morgan fingerprint density at radius 2 is 1.69 bits per heavy atom. The lowest BCUT2D eigenvalue weighted by molar-refractivity contribution is -0.343. The normalized spacial score (nSPS) is 42.7. The Balaban J connectivity index is 1.80. The maximum absolute atomic E-state index is 14.5. The van der Waals surface area contributed by atoms with E-state index < -0.39 is 76.2 Å². The van der Waals surface area contributed by atoms with Crippen molar-refractivity contribution in [3.05, 3.63) is 47.0 Å². The zero-order chi connectivity index (χ0) is 28.7. The third kappa shape index (κ3) is 3.69. The van der Waals surface area contributed by atoms with Crippen LogP contribution in [-0.2, 0) is 23.8 Å². The van der Waals surface area contributed by atoms with Crippen LogP contribution in [0.5, 0.6) is 0 Å². The molecule has 1 aromatic rings. The monoisotopic (exact) mass is 544 g/mol. The van der Waals surface area contributed by atoms with Crippen LogP contribution in [0.1, 0.15) is 57.8 Å². The van der Waals surface area contributed by atoms with E-state index in [9.17, 15) is 34.8 Å². The van der Waals surface area contributed by atoms with Gasteiger partial charge in [-0.25, -0.2) is 4.79 Å². The number of esters is 2. The van der Waals surface area contributed by atoms with Crippen LogP contribution in [0.3, 0.4) is 0 Å². The molecule has 0 amide bonds. The molecule has 1 heterocycles. The van der Waals surface area contributed by atoms with Crippen molar-refractivity contribution in [3.63, 3.8) is 0 Å². The van der Waals surface area contributed by atoms with Gasteiger partial charge in [-0.15, -0.1) is 0 Å². The number of hydrogen-bond acceptors (Lipinski definition) is 10. The second-order valence-electron chi connectivity index (χ2n) is 12.2. The van der Waals surface area contributed by atoms with Gasteiger partial charge in [0.15, 0.2) is 11.9 Å². The quantitative estimate of drug-likeness (QED) is 0.320. The van der Waals surface area contributed by atoms with Crippen molar-refractivity contribution in [1.82, 2.24) is 0 Å². The average molecular weight is 545 g/mol. The van der Waals surface area contributed by atoms with Gasteiger partial charge in [-0.3, -0.25) is 9.59 Å². The van der Waals surface area contributed by atoms with Gasteiger partial charge in [0.2, 0.25) is 0 Å². The van der Waals surface area contributed by atoms with Gasteiger partial charge >= 0.3 is 11.9 Å². The first-order valence-electron chi connectivity index (χ1n) is 13.2. The molecule has 10 heteroatoms. The number of benzene rings is 1. The molecule has 4 aliphatic rings. The summed E-state index contributed by atoms with van der Waals surface area (Å²) in [6.45, 7) is 7.22. The third-order valence-electron chi connectivity index (χ3n) is 9.90. The molecule has 2 saturated carbocycles. The summed E-state index contributed by atoms with van der Waals surface area (Å²) < 4.78 is 17.2. The average Bonchev–Trinajstić information content (AvgIpc) is 2.87. The fourth-order valence-corrected chi connectivity index (χ4v) is 7.51. The molecule has 9 atom stereocenters. The van der Waals surface area contributed by atoms with E-state index in [-0.39, 0.29) is 30.6 Å². The van der Waals surface area contributed by atoms with Crippen LogP contribution < -0.4 is 0 Å². The summed E-state index contributed by atoms with van der Waals surface area (Å²) in [6.07, 6.45) is -7.09. The fraction of sp³-hybridized carbons (Fsp3) is 0.621. The number of rotatable bonds is 3. The van der Waals surface area contributed by atoms with Crippen molar-refractivity contribution < 1.29 is 49.0 Å². The Hall–Kier alpha value is -2.63. The Morgan fingerprint density at radius 3 is 2.26 bits per heavy atom. The van der Waals surface area contributed by atoms with E-state index in [4.69, 9.17) is 14.2 Å². The topological polar surface area (TPSA) is 160 Å². The number of aliphatic hydroxyl groups is 4. The summed E-state index contributed by atoms with van der Waals surface area (Å²) in [5.74, 6) is -3.66. The first-order chi connectivity index (χ1) is 18.1. The molecule has 1 aromatic carbocycles. The standard InChI is InChI=1S/C29H36O10/c1-14-17(31)12-29(36)24(39-25(34)16-9-7-6-8-10-16)22-27(5,18(32)11-19-28(22,35)13-37-19)23(33)21(38-15(2)30)20(14)26(29,3)4/h6-10,17-19,21-22,24,31-32,35-36H,11-13H2,1-5H3/t17-,18-,19+,21+,22?,24-,27+,28-,29+/m0/s1. The van der Waals surface area contributed by atoms with Gasteiger partial charge in [0, 0.05) is 31.1 Å². The molecular weight excluding hydrogens is 508 g/mol. The lowest BCUT2D eigenvalue weighted by atomic mass is 9.44. The van der Waals surface area contributed by atoms with Crippen molar-refractivity contribution >= 4 is 17.7 Å². The number of ether oxygens (including phenoxy) is 3. The Kier molecular flexibility index (Phi) is 6.40. The molecule has 1 saturated heterocycles. The molecule has 2 bridgehead atoms. The highest BCUT2D eigenvalue weighted by Crippen LogP contribution is 2.63. The second kappa shape index (κ2) is 8.94. The van der Waals surface area contributed by atoms with E-state index in [0.29, 0.717) is 5.57 Å². The minimum absolute atomic E-state index is 0.0934. The van der Waals surface area contributed by atoms with Crippen LogP contribution in [0.2, 0.25) is 0 Å². The first-order valence-corrected chi connectivity index (χ1v) is 13.2. The summed E-state index contributed by atoms with van der Waals surface area (Å²) in [4.78, 5) is 40.3. The van der Waals surface area contributed by atoms with Crippen molar-refractivity contribution in [2.75, 3.05) is 6.61 Å². The van der Waals surface area contributed by atoms with Gasteiger partial charge in [0.25, 0.3) is 0 Å². The van der Waals surface area contributed by atoms with E-state index in [1.807, 2.05) is 0 Å². The number of Topliss-reactive ketones (excluding diaryl/α,β-unsaturated/α-hetero) is 1. The summed E-state index contributed by atoms with van der Waals surface area (Å²) >= 11 is 0. The van der Waals surface area contributed by atoms with E-state index in [1.54, 1.807) is 39.0 Å². The first kappa shape index (κ1) is 27.9. The molecule has 10 nitrogen and oxygen atoms in total. The van der Waals surface area contributed by atoms with Crippen molar-refractivity contribution in [1.29, 1.82) is 0 Å². The predicted octanol–water partition coefficient (Wildman–Crippen LogP) is 1.08. The van der Waals surface area contributed by atoms with Crippen LogP contribution in [-0.4, -0.2) is 86.5 Å². The van der Waals surface area contributed by atoms with Crippen molar-refractivity contribution in [2.45, 2.75) is 89.2 Å². The molecular formula is C29H36O10. The van der Waals surface area contributed by atoms with Crippen molar-refractivity contribution in [3.8, 4) is 0 Å². The SMILES string of the molecule is CC(=O)O[C@H]1C(=O)[C@@]2(C)C([C@H](OC(=O)c3ccccc3)[C@]3(O)C[C@H](O)C(C)=C1C3(C)C)[C@]1(O)CO[C@@H]1C[C@@H]2O. The zero-order valence-electron chi connectivity index (χ0n) is 22.7. The van der Waals surface area contributed by atoms with Crippen molar-refractivity contribution in [2.24, 2.45) is 16.7 Å². The van der Waals surface area contributed by atoms with Crippen LogP contribution in [0.25, 0.3) is 0 Å². The van der Waals surface area contributed by atoms with E-state index in [1.165, 1.54) is 19.1 Å². The smallest absolute Gasteiger partial charge is 0.338 e. The lowest BCUT2D eigenvalue weighted by Crippen LogP contribution is -2.81. The molecule has 1 aliphatic heterocycles. The lowest BCUT2D eigenvalue weighted by Gasteiger charge is -2.66. The van der Waals surface area contributed by atoms with Gasteiger partial charge in [-0.1, -0.05) is 32.0 Å². The van der Waals surface area contributed by atoms with E-state index in [0.717, 1.165) is 6.92 Å². The van der Waals surface area contributed by atoms with Crippen LogP contribution in [0.4, 0.5) is 0 Å². The summed E-state index contributed by atoms with van der Waals surface area (Å²) in [7, 11) is 0. The van der Waals surface area contributed by atoms with Crippen LogP contribution in [0.15, 0.2) is 41.5 Å². The highest BCUT2D eigenvalue weighted by atomic mass is 16.6. The number of carbonyl (C=O) groups excluding carboxylic acids is 3. The number of fused-ring (bicyclic) bond motifs is 5. The van der Waals surface area contributed by atoms with Crippen LogP contribution in [0, 0.1) is 16.7 Å². The molecule has 1 unspecified atom stereocenters. The van der Waals surface area contributed by atoms with Gasteiger partial charge in [0.05, 0.1) is 35.9 Å². The summed E-state index contributed by atoms with van der Waals surface area (Å²) in [5, 5.41) is 47.3. The molecule has 39 heavy (non-hydrogen) atoms. The van der Waals surface area contributed by atoms with Gasteiger partial charge in [-0.05, 0) is 37.1 Å². The third-order valence-corrected chi connectivity index (χ3v) is 9.90. The minimum Gasteiger partial charge on any atom is -0.455 e. The molecule has 0 spiro atoms. The van der Waals surface area contributed by atoms with E-state index in [2.05, 4.69) is 0 Å². The Bertz CT molecular complexity index is 1240. The minimum atomic E-state index is -2.07. The Morgan fingerprint density at radius 1 is 1.05 bits per heavy atom. The fourth-order valence-electron chi connectivity index (χ4n) is 7.51. The molecule has 212 valence electrons. The Labute approximate surface area is 226 Å². The predicted molar refractivity (Wildman–Crippen MR) is 135 cm³/mol. The summed E-state index contributed by atoms with van der Waals surface area (Å²) in [6, 6.07) is 8.08. The molecule has 3 aliphatic carbocycles. The largest absolute Gasteiger partial charge is 0.455 e. The molecule has 5 rings (SSSR count). The number of hydrogen-bond donors (Lipinski definition) is 4. The molecule has 4 N–H and O–H groups in total. The highest BCUT2D eigenvalue weighted by Gasteiger charge is 2.76. The number of ketones is 1. The number of carbonyl (C=O) groups is 3. The molecule has 0 aromatic heterocycles. The van der Waals surface area contributed by atoms with Gasteiger partial charge in [0.1, 0.15) is 17.3 Å². The summed E-state index contributed by atoms with van der Waals surface area (Å²) in [5.41, 5.74) is -6.37. The number of aliphatic hydroxyl groups excluding tert-OH is 2. The molecule has 3 fully saturated rings. The zero-order valence-corrected chi connectivity index (χ0v) is 22.7. The second-order valence-corrected chi connectivity index (χ2v) is 12.2. The maximum atomic E-state index is 14.5.